The number of hydrogen-bond donors (Lipinski definition) is 2. The van der Waals surface area contributed by atoms with E-state index >= 15 is 0 Å². The molecule has 0 saturated heterocycles. The molecule has 4 nitrogen and oxygen atoms in total. The highest BCUT2D eigenvalue weighted by atomic mass is 35.5. The summed E-state index contributed by atoms with van der Waals surface area (Å²) in [6, 6.07) is 8.17. The van der Waals surface area contributed by atoms with Crippen LogP contribution >= 0.6 is 11.6 Å². The Kier molecular flexibility index (Phi) is 4.13. The topological polar surface area (TPSA) is 74.7 Å². The highest BCUT2D eigenvalue weighted by Gasteiger charge is 2.21. The van der Waals surface area contributed by atoms with Crippen LogP contribution in [0.2, 0.25) is 5.02 Å². The summed E-state index contributed by atoms with van der Waals surface area (Å²) in [6.07, 6.45) is 1.48. The number of aromatic amines is 1. The number of benzene rings is 2. The minimum absolute atomic E-state index is 0.295. The number of halogens is 3. The molecule has 2 N–H and O–H groups in total. The van der Waals surface area contributed by atoms with E-state index in [1.54, 1.807) is 18.2 Å². The molecule has 0 aliphatic heterocycles. The molecule has 1 heterocycles. The summed E-state index contributed by atoms with van der Waals surface area (Å²) in [5.74, 6) is -1.76. The molecule has 0 radical (unpaired) electrons. The van der Waals surface area contributed by atoms with Crippen LogP contribution in [0.4, 0.5) is 14.5 Å². The van der Waals surface area contributed by atoms with Gasteiger partial charge in [-0.25, -0.2) is 13.5 Å². The van der Waals surface area contributed by atoms with Crippen molar-refractivity contribution in [3.63, 3.8) is 0 Å². The van der Waals surface area contributed by atoms with E-state index in [-0.39, 0.29) is 5.69 Å². The molecule has 3 rings (SSSR count). The molecule has 0 saturated carbocycles. The van der Waals surface area contributed by atoms with Gasteiger partial charge in [0.1, 0.15) is 28.9 Å². The first kappa shape index (κ1) is 15.6. The van der Waals surface area contributed by atoms with Gasteiger partial charge in [-0.2, -0.15) is 5.26 Å². The minimum Gasteiger partial charge on any atom is -0.588 e. The number of para-hydroxylation sites is 1. The number of aromatic nitrogens is 1. The van der Waals surface area contributed by atoms with E-state index in [4.69, 9.17) is 16.9 Å². The Morgan fingerprint density at radius 2 is 2.04 bits per heavy atom. The lowest BCUT2D eigenvalue weighted by Crippen LogP contribution is -2.14. The lowest BCUT2D eigenvalue weighted by Gasteiger charge is -2.11. The van der Waals surface area contributed by atoms with Gasteiger partial charge in [0.15, 0.2) is 5.82 Å². The first-order valence-corrected chi connectivity index (χ1v) is 7.87. The Bertz CT molecular complexity index is 938. The average molecular weight is 352 g/mol. The quantitative estimate of drug-likeness (QED) is 0.697. The van der Waals surface area contributed by atoms with E-state index in [2.05, 4.69) is 9.71 Å². The van der Waals surface area contributed by atoms with Gasteiger partial charge in [-0.1, -0.05) is 17.7 Å². The fourth-order valence-corrected chi connectivity index (χ4v) is 3.34. The number of anilines is 1. The van der Waals surface area contributed by atoms with Crippen LogP contribution in [0, 0.1) is 23.0 Å². The molecule has 23 heavy (non-hydrogen) atoms. The van der Waals surface area contributed by atoms with Crippen LogP contribution in [0.15, 0.2) is 41.4 Å². The van der Waals surface area contributed by atoms with E-state index in [0.717, 1.165) is 12.1 Å². The fourth-order valence-electron chi connectivity index (χ4n) is 2.11. The van der Waals surface area contributed by atoms with Gasteiger partial charge in [-0.05, 0) is 18.2 Å². The summed E-state index contributed by atoms with van der Waals surface area (Å²) in [6.45, 7) is 0. The molecule has 0 bridgehead atoms. The highest BCUT2D eigenvalue weighted by Crippen LogP contribution is 2.30. The largest absolute Gasteiger partial charge is 0.588 e. The molecule has 116 valence electrons. The van der Waals surface area contributed by atoms with Crippen molar-refractivity contribution in [2.75, 3.05) is 4.72 Å². The van der Waals surface area contributed by atoms with Crippen molar-refractivity contribution in [2.45, 2.75) is 4.90 Å². The van der Waals surface area contributed by atoms with Crippen molar-refractivity contribution < 1.29 is 13.3 Å². The monoisotopic (exact) mass is 351 g/mol. The maximum atomic E-state index is 13.9. The highest BCUT2D eigenvalue weighted by molar-refractivity contribution is 7.93. The van der Waals surface area contributed by atoms with Crippen molar-refractivity contribution in [2.24, 2.45) is 0 Å². The van der Waals surface area contributed by atoms with Crippen LogP contribution in [0.1, 0.15) is 5.56 Å². The van der Waals surface area contributed by atoms with Gasteiger partial charge < -0.3 is 9.54 Å². The van der Waals surface area contributed by atoms with Crippen molar-refractivity contribution in [1.82, 2.24) is 4.98 Å². The van der Waals surface area contributed by atoms with Crippen molar-refractivity contribution in [1.29, 1.82) is 5.26 Å². The molecule has 3 aromatic rings. The second kappa shape index (κ2) is 6.08. The van der Waals surface area contributed by atoms with E-state index in [1.165, 1.54) is 12.3 Å². The van der Waals surface area contributed by atoms with Crippen LogP contribution in [0.3, 0.4) is 0 Å². The Morgan fingerprint density at radius 3 is 2.78 bits per heavy atom. The normalized spacial score (nSPS) is 12.1. The van der Waals surface area contributed by atoms with Gasteiger partial charge in [0.25, 0.3) is 0 Å². The molecule has 0 amide bonds. The van der Waals surface area contributed by atoms with Crippen LogP contribution in [0.25, 0.3) is 10.9 Å². The molecule has 1 unspecified atom stereocenters. The maximum Gasteiger partial charge on any atom is 0.205 e. The van der Waals surface area contributed by atoms with Gasteiger partial charge in [-0.15, -0.1) is 0 Å². The molecule has 1 aromatic heterocycles. The smallest absolute Gasteiger partial charge is 0.205 e. The number of fused-ring (bicyclic) bond motifs is 1. The molecule has 0 spiro atoms. The predicted molar refractivity (Wildman–Crippen MR) is 84.4 cm³/mol. The Balaban J connectivity index is 1.95. The number of rotatable bonds is 3. The van der Waals surface area contributed by atoms with Gasteiger partial charge in [-0.3, -0.25) is 0 Å². The number of nitrogens with zero attached hydrogens (tertiary/aromatic N) is 1. The zero-order valence-electron chi connectivity index (χ0n) is 11.4. The third kappa shape index (κ3) is 2.84. The molecule has 8 heteroatoms. The van der Waals surface area contributed by atoms with Crippen molar-refractivity contribution in [3.05, 3.63) is 58.7 Å². The molecule has 0 aliphatic rings. The van der Waals surface area contributed by atoms with E-state index in [0.29, 0.717) is 20.8 Å². The van der Waals surface area contributed by atoms with Gasteiger partial charge in [0.2, 0.25) is 4.90 Å². The van der Waals surface area contributed by atoms with Crippen LogP contribution in [-0.2, 0) is 11.4 Å². The molecule has 0 fully saturated rings. The lowest BCUT2D eigenvalue weighted by molar-refractivity contribution is 0.593. The Hall–Kier alpha value is -2.27. The number of hydrogen-bond acceptors (Lipinski definition) is 3. The van der Waals surface area contributed by atoms with Gasteiger partial charge >= 0.3 is 0 Å². The summed E-state index contributed by atoms with van der Waals surface area (Å²) in [5.41, 5.74) is -0.111. The molecule has 0 aliphatic carbocycles. The fraction of sp³-hybridized carbons (Fsp3) is 0. The van der Waals surface area contributed by atoms with E-state index in [1.807, 2.05) is 0 Å². The maximum absolute atomic E-state index is 13.9. The number of H-pyrrole nitrogens is 1. The summed E-state index contributed by atoms with van der Waals surface area (Å²) >= 11 is 4.18. The van der Waals surface area contributed by atoms with Crippen molar-refractivity contribution in [3.8, 4) is 6.07 Å². The molecular formula is C15H8ClF2N3OS. The SMILES string of the molecule is N#Cc1cc(F)c(N[S+]([O-])c2c[nH]c3c(Cl)cccc23)cc1F. The number of nitrogens with one attached hydrogen (secondary N) is 2. The summed E-state index contributed by atoms with van der Waals surface area (Å²) in [4.78, 5) is 3.24. The first-order chi connectivity index (χ1) is 11.0. The zero-order valence-corrected chi connectivity index (χ0v) is 12.9. The summed E-state index contributed by atoms with van der Waals surface area (Å²) < 4.78 is 42.2. The van der Waals surface area contributed by atoms with Gasteiger partial charge in [0, 0.05) is 6.07 Å². The van der Waals surface area contributed by atoms with E-state index in [9.17, 15) is 13.3 Å². The lowest BCUT2D eigenvalue weighted by atomic mass is 10.2. The molecule has 1 atom stereocenters. The van der Waals surface area contributed by atoms with E-state index < -0.39 is 28.6 Å². The predicted octanol–water partition coefficient (Wildman–Crippen LogP) is 4.11. The van der Waals surface area contributed by atoms with Gasteiger partial charge in [0.05, 0.1) is 27.7 Å². The summed E-state index contributed by atoms with van der Waals surface area (Å²) in [7, 11) is 0. The standard InChI is InChI=1S/C15H8ClF2N3OS/c16-10-3-1-2-9-14(7-20-15(9)10)23(22)21-13-5-11(17)8(6-19)4-12(13)18/h1-5,7,20-21H. The number of nitriles is 1. The van der Waals surface area contributed by atoms with Crippen LogP contribution in [-0.4, -0.2) is 9.54 Å². The van der Waals surface area contributed by atoms with Crippen LogP contribution in [0.5, 0.6) is 0 Å². The zero-order chi connectivity index (χ0) is 16.6. The molecular weight excluding hydrogens is 344 g/mol. The van der Waals surface area contributed by atoms with Crippen molar-refractivity contribution >= 4 is 39.6 Å². The third-order valence-corrected chi connectivity index (χ3v) is 4.66. The second-order valence-electron chi connectivity index (χ2n) is 4.61. The Labute approximate surface area is 138 Å². The third-order valence-electron chi connectivity index (χ3n) is 3.21. The van der Waals surface area contributed by atoms with Crippen LogP contribution < -0.4 is 4.72 Å². The second-order valence-corrected chi connectivity index (χ2v) is 6.20. The Morgan fingerprint density at radius 1 is 1.26 bits per heavy atom. The first-order valence-electron chi connectivity index (χ1n) is 6.34. The minimum atomic E-state index is -1.84. The molecule has 2 aromatic carbocycles. The average Bonchev–Trinajstić information content (AvgIpc) is 2.96. The summed E-state index contributed by atoms with van der Waals surface area (Å²) in [5, 5.41) is 9.73.